The first-order chi connectivity index (χ1) is 8.16. The van der Waals surface area contributed by atoms with Crippen LogP contribution in [0, 0.1) is 0 Å². The van der Waals surface area contributed by atoms with E-state index in [9.17, 15) is 5.11 Å². The fourth-order valence-corrected chi connectivity index (χ4v) is 2.27. The van der Waals surface area contributed by atoms with E-state index in [1.807, 2.05) is 19.1 Å². The van der Waals surface area contributed by atoms with Crippen LogP contribution in [0.1, 0.15) is 50.6 Å². The Kier molecular flexibility index (Phi) is 3.89. The van der Waals surface area contributed by atoms with E-state index in [0.717, 1.165) is 18.4 Å². The van der Waals surface area contributed by atoms with Gasteiger partial charge in [-0.2, -0.15) is 0 Å². The molecule has 0 bridgehead atoms. The van der Waals surface area contributed by atoms with Gasteiger partial charge in [-0.15, -0.1) is 0 Å². The van der Waals surface area contributed by atoms with Gasteiger partial charge in [0.05, 0.1) is 6.10 Å². The topological polar surface area (TPSA) is 55.5 Å². The highest BCUT2D eigenvalue weighted by Gasteiger charge is 2.17. The van der Waals surface area contributed by atoms with E-state index in [1.54, 1.807) is 6.07 Å². The van der Waals surface area contributed by atoms with Gasteiger partial charge in [-0.1, -0.05) is 12.5 Å². The van der Waals surface area contributed by atoms with Crippen LogP contribution in [0.5, 0.6) is 11.5 Å². The van der Waals surface area contributed by atoms with Crippen molar-refractivity contribution in [2.24, 2.45) is 5.73 Å². The lowest BCUT2D eigenvalue weighted by Gasteiger charge is -2.23. The van der Waals surface area contributed by atoms with Crippen LogP contribution in [-0.4, -0.2) is 11.2 Å². The molecule has 1 unspecified atom stereocenters. The van der Waals surface area contributed by atoms with Crippen LogP contribution in [0.25, 0.3) is 0 Å². The zero-order valence-corrected chi connectivity index (χ0v) is 10.4. The number of benzene rings is 1. The molecule has 1 saturated carbocycles. The number of rotatable bonds is 3. The fourth-order valence-electron chi connectivity index (χ4n) is 2.27. The summed E-state index contributed by atoms with van der Waals surface area (Å²) < 4.78 is 5.87. The van der Waals surface area contributed by atoms with Crippen molar-refractivity contribution in [3.63, 3.8) is 0 Å². The Morgan fingerprint density at radius 3 is 2.65 bits per heavy atom. The minimum Gasteiger partial charge on any atom is -0.504 e. The molecule has 0 aromatic heterocycles. The lowest BCUT2D eigenvalue weighted by atomic mass is 9.97. The summed E-state index contributed by atoms with van der Waals surface area (Å²) in [6.07, 6.45) is 6.16. The molecule has 1 aromatic rings. The Hall–Kier alpha value is -1.22. The Morgan fingerprint density at radius 2 is 2.00 bits per heavy atom. The molecular formula is C14H21NO2. The van der Waals surface area contributed by atoms with Gasteiger partial charge in [-0.05, 0) is 50.3 Å². The number of ether oxygens (including phenoxy) is 1. The maximum atomic E-state index is 9.78. The summed E-state index contributed by atoms with van der Waals surface area (Å²) in [4.78, 5) is 0. The van der Waals surface area contributed by atoms with Gasteiger partial charge >= 0.3 is 0 Å². The summed E-state index contributed by atoms with van der Waals surface area (Å²) in [5, 5.41) is 9.78. The van der Waals surface area contributed by atoms with Crippen molar-refractivity contribution in [2.75, 3.05) is 0 Å². The second-order valence-corrected chi connectivity index (χ2v) is 4.89. The summed E-state index contributed by atoms with van der Waals surface area (Å²) in [6.45, 7) is 1.93. The lowest BCUT2D eigenvalue weighted by Crippen LogP contribution is -2.19. The Balaban J connectivity index is 2.10. The van der Waals surface area contributed by atoms with Crippen molar-refractivity contribution in [3.8, 4) is 11.5 Å². The SMILES string of the molecule is CC(N)c1ccc(O)c(OC2CCCCC2)c1. The van der Waals surface area contributed by atoms with Crippen molar-refractivity contribution in [1.82, 2.24) is 0 Å². The van der Waals surface area contributed by atoms with Crippen LogP contribution < -0.4 is 10.5 Å². The molecule has 1 aliphatic rings. The van der Waals surface area contributed by atoms with Gasteiger partial charge in [0.15, 0.2) is 11.5 Å². The van der Waals surface area contributed by atoms with Crippen LogP contribution in [0.3, 0.4) is 0 Å². The van der Waals surface area contributed by atoms with Crippen molar-refractivity contribution in [3.05, 3.63) is 23.8 Å². The molecule has 0 heterocycles. The standard InChI is InChI=1S/C14H21NO2/c1-10(15)11-7-8-13(16)14(9-11)17-12-5-3-2-4-6-12/h7-10,12,16H,2-6,15H2,1H3. The molecule has 3 N–H and O–H groups in total. The lowest BCUT2D eigenvalue weighted by molar-refractivity contribution is 0.150. The van der Waals surface area contributed by atoms with Crippen molar-refractivity contribution in [2.45, 2.75) is 51.2 Å². The molecule has 1 atom stereocenters. The van der Waals surface area contributed by atoms with E-state index >= 15 is 0 Å². The van der Waals surface area contributed by atoms with Gasteiger partial charge in [-0.3, -0.25) is 0 Å². The Morgan fingerprint density at radius 1 is 1.29 bits per heavy atom. The highest BCUT2D eigenvalue weighted by atomic mass is 16.5. The summed E-state index contributed by atoms with van der Waals surface area (Å²) in [5.74, 6) is 0.784. The Bertz CT molecular complexity index is 370. The van der Waals surface area contributed by atoms with E-state index in [1.165, 1.54) is 19.3 Å². The third-order valence-electron chi connectivity index (χ3n) is 3.36. The second kappa shape index (κ2) is 5.41. The Labute approximate surface area is 103 Å². The highest BCUT2D eigenvalue weighted by Crippen LogP contribution is 2.32. The molecule has 0 spiro atoms. The third-order valence-corrected chi connectivity index (χ3v) is 3.36. The largest absolute Gasteiger partial charge is 0.504 e. The zero-order chi connectivity index (χ0) is 12.3. The van der Waals surface area contributed by atoms with Crippen molar-refractivity contribution in [1.29, 1.82) is 0 Å². The quantitative estimate of drug-likeness (QED) is 0.846. The van der Waals surface area contributed by atoms with Crippen LogP contribution in [0.4, 0.5) is 0 Å². The number of hydrogen-bond acceptors (Lipinski definition) is 3. The molecule has 3 heteroatoms. The van der Waals surface area contributed by atoms with Crippen LogP contribution in [0.2, 0.25) is 0 Å². The number of phenols is 1. The fraction of sp³-hybridized carbons (Fsp3) is 0.571. The molecule has 0 saturated heterocycles. The number of nitrogens with two attached hydrogens (primary N) is 1. The first-order valence-corrected chi connectivity index (χ1v) is 6.42. The van der Waals surface area contributed by atoms with Gasteiger partial charge in [-0.25, -0.2) is 0 Å². The molecule has 17 heavy (non-hydrogen) atoms. The van der Waals surface area contributed by atoms with E-state index in [4.69, 9.17) is 10.5 Å². The molecule has 0 radical (unpaired) electrons. The maximum Gasteiger partial charge on any atom is 0.161 e. The molecule has 3 nitrogen and oxygen atoms in total. The number of aromatic hydroxyl groups is 1. The van der Waals surface area contributed by atoms with E-state index in [-0.39, 0.29) is 17.9 Å². The minimum atomic E-state index is -0.0377. The van der Waals surface area contributed by atoms with Gasteiger partial charge in [0.1, 0.15) is 0 Å². The molecular weight excluding hydrogens is 214 g/mol. The molecule has 1 fully saturated rings. The van der Waals surface area contributed by atoms with Gasteiger partial charge in [0.2, 0.25) is 0 Å². The summed E-state index contributed by atoms with van der Waals surface area (Å²) in [7, 11) is 0. The van der Waals surface area contributed by atoms with Crippen LogP contribution in [-0.2, 0) is 0 Å². The third kappa shape index (κ3) is 3.13. The molecule has 0 aliphatic heterocycles. The first kappa shape index (κ1) is 12.2. The average molecular weight is 235 g/mol. The summed E-state index contributed by atoms with van der Waals surface area (Å²) in [6, 6.07) is 5.32. The summed E-state index contributed by atoms with van der Waals surface area (Å²) in [5.41, 5.74) is 6.82. The maximum absolute atomic E-state index is 9.78. The molecule has 0 amide bonds. The minimum absolute atomic E-state index is 0.0377. The second-order valence-electron chi connectivity index (χ2n) is 4.89. The predicted molar refractivity (Wildman–Crippen MR) is 68.2 cm³/mol. The van der Waals surface area contributed by atoms with Crippen LogP contribution in [0.15, 0.2) is 18.2 Å². The average Bonchev–Trinajstić information content (AvgIpc) is 2.33. The monoisotopic (exact) mass is 235 g/mol. The number of hydrogen-bond donors (Lipinski definition) is 2. The normalized spacial score (nSPS) is 18.9. The molecule has 1 aliphatic carbocycles. The van der Waals surface area contributed by atoms with E-state index < -0.39 is 0 Å². The number of phenolic OH excluding ortho intramolecular Hbond substituents is 1. The highest BCUT2D eigenvalue weighted by molar-refractivity contribution is 5.42. The van der Waals surface area contributed by atoms with Gasteiger partial charge in [0, 0.05) is 6.04 Å². The zero-order valence-electron chi connectivity index (χ0n) is 10.4. The van der Waals surface area contributed by atoms with Gasteiger partial charge in [0.25, 0.3) is 0 Å². The van der Waals surface area contributed by atoms with E-state index in [0.29, 0.717) is 5.75 Å². The molecule has 2 rings (SSSR count). The van der Waals surface area contributed by atoms with Crippen molar-refractivity contribution >= 4 is 0 Å². The van der Waals surface area contributed by atoms with Crippen LogP contribution >= 0.6 is 0 Å². The smallest absolute Gasteiger partial charge is 0.161 e. The summed E-state index contributed by atoms with van der Waals surface area (Å²) >= 11 is 0. The van der Waals surface area contributed by atoms with Crippen molar-refractivity contribution < 1.29 is 9.84 Å². The first-order valence-electron chi connectivity index (χ1n) is 6.42. The molecule has 1 aromatic carbocycles. The van der Waals surface area contributed by atoms with Gasteiger partial charge < -0.3 is 15.6 Å². The van der Waals surface area contributed by atoms with E-state index in [2.05, 4.69) is 0 Å². The predicted octanol–water partition coefficient (Wildman–Crippen LogP) is 3.12. The molecule has 94 valence electrons.